The Balaban J connectivity index is 2.88. The number of hydrogen-bond donors (Lipinski definition) is 2. The Kier molecular flexibility index (Phi) is 3.56. The van der Waals surface area contributed by atoms with Crippen molar-refractivity contribution in [2.24, 2.45) is 0 Å². The lowest BCUT2D eigenvalue weighted by Gasteiger charge is -2.04. The van der Waals surface area contributed by atoms with Crippen LogP contribution in [-0.2, 0) is 4.79 Å². The van der Waals surface area contributed by atoms with Gasteiger partial charge in [0.1, 0.15) is 12.2 Å². The Morgan fingerprint density at radius 2 is 2.19 bits per heavy atom. The molecule has 0 saturated carbocycles. The summed E-state index contributed by atoms with van der Waals surface area (Å²) in [6.07, 6.45) is -0.389. The maximum Gasteiger partial charge on any atom is 0.335 e. The number of carbonyl (C=O) groups excluding carboxylic acids is 1. The maximum atomic E-state index is 13.3. The Labute approximate surface area is 90.1 Å². The van der Waals surface area contributed by atoms with Gasteiger partial charge in [0.05, 0.1) is 17.3 Å². The van der Waals surface area contributed by atoms with Crippen molar-refractivity contribution >= 4 is 17.6 Å². The zero-order chi connectivity index (χ0) is 12.1. The number of amides is 1. The van der Waals surface area contributed by atoms with Crippen molar-refractivity contribution < 1.29 is 19.1 Å². The fourth-order valence-corrected chi connectivity index (χ4v) is 1.02. The molecule has 0 aromatic heterocycles. The first-order valence-electron chi connectivity index (χ1n) is 4.24. The number of carboxylic acids is 1. The van der Waals surface area contributed by atoms with Crippen LogP contribution in [0.15, 0.2) is 18.2 Å². The molecule has 0 radical (unpaired) electrons. The highest BCUT2D eigenvalue weighted by Crippen LogP contribution is 2.15. The molecule has 0 fully saturated rings. The molecule has 0 spiro atoms. The van der Waals surface area contributed by atoms with E-state index in [0.717, 1.165) is 18.2 Å². The molecule has 1 aromatic rings. The van der Waals surface area contributed by atoms with E-state index in [9.17, 15) is 14.0 Å². The molecule has 1 aromatic carbocycles. The van der Waals surface area contributed by atoms with Crippen LogP contribution in [-0.4, -0.2) is 17.0 Å². The fraction of sp³-hybridized carbons (Fsp3) is 0.100. The van der Waals surface area contributed by atoms with Gasteiger partial charge in [-0.3, -0.25) is 4.79 Å². The summed E-state index contributed by atoms with van der Waals surface area (Å²) < 4.78 is 13.3. The number of anilines is 1. The van der Waals surface area contributed by atoms with Gasteiger partial charge in [0.15, 0.2) is 0 Å². The molecule has 82 valence electrons. The monoisotopic (exact) mass is 222 g/mol. The molecule has 2 N–H and O–H groups in total. The SMILES string of the molecule is N#CCC(=O)Nc1ccc(C(=O)O)cc1F. The number of nitriles is 1. The summed E-state index contributed by atoms with van der Waals surface area (Å²) in [7, 11) is 0. The molecule has 5 nitrogen and oxygen atoms in total. The van der Waals surface area contributed by atoms with Crippen LogP contribution in [0.4, 0.5) is 10.1 Å². The third-order valence-corrected chi connectivity index (χ3v) is 1.73. The van der Waals surface area contributed by atoms with Crippen LogP contribution in [0.1, 0.15) is 16.8 Å². The summed E-state index contributed by atoms with van der Waals surface area (Å²) in [5, 5.41) is 18.9. The van der Waals surface area contributed by atoms with Gasteiger partial charge in [-0.25, -0.2) is 9.18 Å². The number of rotatable bonds is 3. The predicted molar refractivity (Wildman–Crippen MR) is 52.2 cm³/mol. The zero-order valence-electron chi connectivity index (χ0n) is 8.03. The summed E-state index contributed by atoms with van der Waals surface area (Å²) in [4.78, 5) is 21.5. The molecular weight excluding hydrogens is 215 g/mol. The number of nitrogens with zero attached hydrogens (tertiary/aromatic N) is 1. The number of halogens is 1. The summed E-state index contributed by atoms with van der Waals surface area (Å²) in [5.74, 6) is -2.76. The van der Waals surface area contributed by atoms with Crippen molar-refractivity contribution in [3.63, 3.8) is 0 Å². The van der Waals surface area contributed by atoms with E-state index >= 15 is 0 Å². The lowest BCUT2D eigenvalue weighted by atomic mass is 10.2. The molecule has 6 heteroatoms. The van der Waals surface area contributed by atoms with Crippen molar-refractivity contribution in [3.8, 4) is 6.07 Å². The molecule has 0 saturated heterocycles. The van der Waals surface area contributed by atoms with Crippen LogP contribution in [0.25, 0.3) is 0 Å². The van der Waals surface area contributed by atoms with Crippen molar-refractivity contribution in [1.29, 1.82) is 5.26 Å². The lowest BCUT2D eigenvalue weighted by Crippen LogP contribution is -2.11. The van der Waals surface area contributed by atoms with Crippen LogP contribution < -0.4 is 5.32 Å². The number of carbonyl (C=O) groups is 2. The van der Waals surface area contributed by atoms with Crippen LogP contribution in [0, 0.1) is 17.1 Å². The predicted octanol–water partition coefficient (Wildman–Crippen LogP) is 1.38. The molecule has 0 aliphatic carbocycles. The molecule has 1 rings (SSSR count). The maximum absolute atomic E-state index is 13.3. The average Bonchev–Trinajstić information content (AvgIpc) is 2.21. The molecular formula is C10H7FN2O3. The van der Waals surface area contributed by atoms with Crippen molar-refractivity contribution in [2.45, 2.75) is 6.42 Å². The van der Waals surface area contributed by atoms with Crippen LogP contribution in [0.5, 0.6) is 0 Å². The van der Waals surface area contributed by atoms with Gasteiger partial charge in [0, 0.05) is 0 Å². The quantitative estimate of drug-likeness (QED) is 0.808. The third kappa shape index (κ3) is 2.78. The van der Waals surface area contributed by atoms with E-state index in [1.54, 1.807) is 6.07 Å². The summed E-state index contributed by atoms with van der Waals surface area (Å²) in [5.41, 5.74) is -0.360. The van der Waals surface area contributed by atoms with Gasteiger partial charge in [0.25, 0.3) is 0 Å². The first-order valence-corrected chi connectivity index (χ1v) is 4.24. The van der Waals surface area contributed by atoms with E-state index in [-0.39, 0.29) is 17.7 Å². The smallest absolute Gasteiger partial charge is 0.335 e. The Morgan fingerprint density at radius 1 is 1.50 bits per heavy atom. The van der Waals surface area contributed by atoms with E-state index in [2.05, 4.69) is 5.32 Å². The van der Waals surface area contributed by atoms with E-state index in [4.69, 9.17) is 10.4 Å². The minimum atomic E-state index is -1.26. The van der Waals surface area contributed by atoms with E-state index in [1.807, 2.05) is 0 Å². The number of nitrogens with one attached hydrogen (secondary N) is 1. The minimum Gasteiger partial charge on any atom is -0.478 e. The van der Waals surface area contributed by atoms with Crippen molar-refractivity contribution in [3.05, 3.63) is 29.6 Å². The third-order valence-electron chi connectivity index (χ3n) is 1.73. The van der Waals surface area contributed by atoms with Crippen LogP contribution in [0.3, 0.4) is 0 Å². The highest BCUT2D eigenvalue weighted by molar-refractivity contribution is 5.93. The number of hydrogen-bond acceptors (Lipinski definition) is 3. The summed E-state index contributed by atoms with van der Waals surface area (Å²) in [6, 6.07) is 4.70. The normalized spacial score (nSPS) is 9.25. The molecule has 0 heterocycles. The Hall–Kier alpha value is -2.42. The second kappa shape index (κ2) is 4.89. The molecule has 0 unspecified atom stereocenters. The topological polar surface area (TPSA) is 90.2 Å². The summed E-state index contributed by atoms with van der Waals surface area (Å²) in [6.45, 7) is 0. The number of carboxylic acid groups (broad SMARTS) is 1. The van der Waals surface area contributed by atoms with E-state index in [1.165, 1.54) is 0 Å². The van der Waals surface area contributed by atoms with E-state index < -0.39 is 17.7 Å². The van der Waals surface area contributed by atoms with Gasteiger partial charge in [0.2, 0.25) is 5.91 Å². The first-order chi connectivity index (χ1) is 7.54. The van der Waals surface area contributed by atoms with Crippen LogP contribution >= 0.6 is 0 Å². The second-order valence-electron chi connectivity index (χ2n) is 2.88. The van der Waals surface area contributed by atoms with Gasteiger partial charge in [-0.2, -0.15) is 5.26 Å². The van der Waals surface area contributed by atoms with Gasteiger partial charge < -0.3 is 10.4 Å². The summed E-state index contributed by atoms with van der Waals surface area (Å²) >= 11 is 0. The Morgan fingerprint density at radius 3 is 2.69 bits per heavy atom. The highest BCUT2D eigenvalue weighted by atomic mass is 19.1. The molecule has 1 amide bonds. The molecule has 16 heavy (non-hydrogen) atoms. The molecule has 0 aliphatic rings. The van der Waals surface area contributed by atoms with Crippen molar-refractivity contribution in [1.82, 2.24) is 0 Å². The number of benzene rings is 1. The highest BCUT2D eigenvalue weighted by Gasteiger charge is 2.10. The van der Waals surface area contributed by atoms with Gasteiger partial charge >= 0.3 is 5.97 Å². The van der Waals surface area contributed by atoms with Gasteiger partial charge in [-0.05, 0) is 18.2 Å². The van der Waals surface area contributed by atoms with E-state index in [0.29, 0.717) is 0 Å². The lowest BCUT2D eigenvalue weighted by molar-refractivity contribution is -0.115. The molecule has 0 aliphatic heterocycles. The molecule has 0 atom stereocenters. The van der Waals surface area contributed by atoms with Crippen molar-refractivity contribution in [2.75, 3.05) is 5.32 Å². The van der Waals surface area contributed by atoms with Gasteiger partial charge in [-0.1, -0.05) is 0 Å². The number of aromatic carboxylic acids is 1. The molecule has 0 bridgehead atoms. The average molecular weight is 222 g/mol. The Bertz CT molecular complexity index is 479. The second-order valence-corrected chi connectivity index (χ2v) is 2.88. The zero-order valence-corrected chi connectivity index (χ0v) is 8.03. The van der Waals surface area contributed by atoms with Gasteiger partial charge in [-0.15, -0.1) is 0 Å². The first kappa shape index (κ1) is 11.7. The standard InChI is InChI=1S/C10H7FN2O3/c11-7-5-6(10(15)16)1-2-8(7)13-9(14)3-4-12/h1-2,5H,3H2,(H,13,14)(H,15,16). The largest absolute Gasteiger partial charge is 0.478 e. The fourth-order valence-electron chi connectivity index (χ4n) is 1.02. The van der Waals surface area contributed by atoms with Crippen LogP contribution in [0.2, 0.25) is 0 Å². The minimum absolute atomic E-state index is 0.148.